The summed E-state index contributed by atoms with van der Waals surface area (Å²) in [6.07, 6.45) is 12.4. The monoisotopic (exact) mass is 395 g/mol. The lowest BCUT2D eigenvalue weighted by molar-refractivity contribution is -0.111. The average Bonchev–Trinajstić information content (AvgIpc) is 2.58. The summed E-state index contributed by atoms with van der Waals surface area (Å²) in [5, 5.41) is 14.1. The van der Waals surface area contributed by atoms with E-state index in [1.807, 2.05) is 0 Å². The van der Waals surface area contributed by atoms with E-state index >= 15 is 0 Å². The Morgan fingerprint density at radius 1 is 0.840 bits per heavy atom. The number of aliphatic hydroxyl groups is 1. The molecule has 2 rings (SSSR count). The topological polar surface area (TPSA) is 78.4 Å². The Balaban J connectivity index is 0.00000185. The molecule has 0 unspecified atom stereocenters. The summed E-state index contributed by atoms with van der Waals surface area (Å²) < 4.78 is 0. The van der Waals surface area contributed by atoms with Gasteiger partial charge in [0.2, 0.25) is 0 Å². The lowest BCUT2D eigenvalue weighted by Gasteiger charge is -2.07. The molecule has 0 atom stereocenters. The van der Waals surface area contributed by atoms with E-state index in [-0.39, 0.29) is 28.9 Å². The Morgan fingerprint density at radius 2 is 1.20 bits per heavy atom. The normalized spacial score (nSPS) is 18.9. The molecule has 8 heteroatoms. The Labute approximate surface area is 167 Å². The highest BCUT2D eigenvalue weighted by atomic mass is 35.5. The van der Waals surface area contributed by atoms with Gasteiger partial charge in [-0.25, -0.2) is 0 Å². The van der Waals surface area contributed by atoms with Crippen molar-refractivity contribution < 1.29 is 14.7 Å². The van der Waals surface area contributed by atoms with E-state index in [1.165, 1.54) is 12.2 Å². The van der Waals surface area contributed by atoms with Gasteiger partial charge in [0.05, 0.1) is 0 Å². The first-order chi connectivity index (χ1) is 11.6. The van der Waals surface area contributed by atoms with E-state index in [1.54, 1.807) is 36.7 Å². The summed E-state index contributed by atoms with van der Waals surface area (Å²) in [6, 6.07) is 0. The number of ketones is 2. The van der Waals surface area contributed by atoms with Crippen molar-refractivity contribution in [3.8, 4) is 0 Å². The number of aliphatic hydroxyl groups excluding tert-OH is 1. The molecule has 131 valence electrons. The van der Waals surface area contributed by atoms with E-state index in [9.17, 15) is 9.59 Å². The minimum atomic E-state index is -0.0913. The maximum absolute atomic E-state index is 11.5. The van der Waals surface area contributed by atoms with Crippen molar-refractivity contribution in [2.24, 2.45) is 0 Å². The number of allylic oxidation sites excluding steroid dienone is 10. The van der Waals surface area contributed by atoms with Gasteiger partial charge in [0.15, 0.2) is 11.6 Å². The summed E-state index contributed by atoms with van der Waals surface area (Å²) >= 11 is 11.7. The third-order valence-electron chi connectivity index (χ3n) is 2.87. The second-order valence-electron chi connectivity index (χ2n) is 4.56. The fourth-order valence-electron chi connectivity index (χ4n) is 1.77. The summed E-state index contributed by atoms with van der Waals surface area (Å²) in [7, 11) is 1.00. The number of carbonyl (C=O) groups is 2. The molecule has 5 nitrogen and oxygen atoms in total. The van der Waals surface area contributed by atoms with E-state index in [2.05, 4.69) is 10.6 Å². The van der Waals surface area contributed by atoms with Crippen molar-refractivity contribution >= 4 is 52.1 Å². The lowest BCUT2D eigenvalue weighted by Crippen LogP contribution is -2.22. The molecule has 0 saturated heterocycles. The van der Waals surface area contributed by atoms with Crippen LogP contribution in [0, 0.1) is 0 Å². The van der Waals surface area contributed by atoms with Crippen LogP contribution in [0.2, 0.25) is 0 Å². The zero-order valence-electron chi connectivity index (χ0n) is 13.6. The molecule has 0 aromatic rings. The van der Waals surface area contributed by atoms with Gasteiger partial charge in [0.25, 0.3) is 0 Å². The molecule has 0 bridgehead atoms. The third kappa shape index (κ3) is 8.39. The highest BCUT2D eigenvalue weighted by Gasteiger charge is 2.09. The van der Waals surface area contributed by atoms with Crippen molar-refractivity contribution in [1.82, 2.24) is 10.6 Å². The van der Waals surface area contributed by atoms with Crippen LogP contribution in [0.1, 0.15) is 0 Å². The molecule has 0 heterocycles. The van der Waals surface area contributed by atoms with E-state index in [4.69, 9.17) is 28.3 Å². The van der Waals surface area contributed by atoms with E-state index in [0.29, 0.717) is 34.3 Å². The van der Waals surface area contributed by atoms with Crippen LogP contribution in [-0.2, 0) is 9.59 Å². The Bertz CT molecular complexity index is 619. The average molecular weight is 396 g/mol. The summed E-state index contributed by atoms with van der Waals surface area (Å²) in [6.45, 7) is 1.16. The van der Waals surface area contributed by atoms with E-state index in [0.717, 1.165) is 7.11 Å². The Kier molecular flexibility index (Phi) is 12.0. The molecule has 0 aliphatic heterocycles. The van der Waals surface area contributed by atoms with Crippen molar-refractivity contribution in [3.63, 3.8) is 0 Å². The molecular formula is C17H18AlCl2N2O3. The van der Waals surface area contributed by atoms with Crippen LogP contribution in [0.15, 0.2) is 70.1 Å². The predicted octanol–water partition coefficient (Wildman–Crippen LogP) is 1.68. The van der Waals surface area contributed by atoms with Gasteiger partial charge in [0.1, 0.15) is 0 Å². The van der Waals surface area contributed by atoms with E-state index < -0.39 is 0 Å². The van der Waals surface area contributed by atoms with Crippen molar-refractivity contribution in [2.75, 3.05) is 20.2 Å². The smallest absolute Gasteiger partial charge is 0.187 e. The van der Waals surface area contributed by atoms with Crippen molar-refractivity contribution in [1.29, 1.82) is 0 Å². The quantitative estimate of drug-likeness (QED) is 0.375. The molecule has 25 heavy (non-hydrogen) atoms. The summed E-state index contributed by atoms with van der Waals surface area (Å²) in [5.41, 5.74) is 1.02. The first kappa shape index (κ1) is 23.5. The van der Waals surface area contributed by atoms with Gasteiger partial charge in [-0.3, -0.25) is 9.59 Å². The molecule has 0 aromatic heterocycles. The molecule has 0 spiro atoms. The molecule has 0 saturated carbocycles. The molecule has 3 radical (unpaired) electrons. The third-order valence-corrected chi connectivity index (χ3v) is 3.34. The maximum atomic E-state index is 11.5. The van der Waals surface area contributed by atoms with Gasteiger partial charge in [-0.05, 0) is 36.5 Å². The van der Waals surface area contributed by atoms with Crippen LogP contribution in [-0.4, -0.2) is 54.2 Å². The minimum absolute atomic E-state index is 0. The SMILES string of the molecule is CO.O=C1C=CC(Cl)=C/C1=C/NCCN/C=C1/C=C(Cl)C=CC1=O.[Al]. The van der Waals surface area contributed by atoms with Crippen molar-refractivity contribution in [2.45, 2.75) is 0 Å². The first-order valence-corrected chi connectivity index (χ1v) is 7.83. The highest BCUT2D eigenvalue weighted by molar-refractivity contribution is 6.33. The fourth-order valence-corrected chi connectivity index (χ4v) is 2.13. The summed E-state index contributed by atoms with van der Waals surface area (Å²) in [5.74, 6) is -0.183. The van der Waals surface area contributed by atoms with Gasteiger partial charge in [-0.1, -0.05) is 23.2 Å². The number of carbonyl (C=O) groups excluding carboxylic acids is 2. The molecule has 0 amide bonds. The highest BCUT2D eigenvalue weighted by Crippen LogP contribution is 2.15. The van der Waals surface area contributed by atoms with Crippen LogP contribution >= 0.6 is 23.2 Å². The second kappa shape index (κ2) is 12.8. The number of hydrogen-bond acceptors (Lipinski definition) is 5. The van der Waals surface area contributed by atoms with Gasteiger partial charge in [0, 0.05) is 71.2 Å². The lowest BCUT2D eigenvalue weighted by atomic mass is 10.1. The standard InChI is InChI=1S/C16H14Cl2N2O2.CH4O.Al/c17-13-1-3-15(21)11(7-13)9-19-5-6-20-10-12-8-14(18)2-4-16(12)22;1-2;/h1-4,7-10,19-20H,5-6H2;2H,1H3;/b11-9-,12-10-;;. The number of nitrogens with one attached hydrogen (secondary N) is 2. The Hall–Kier alpha value is -1.55. The van der Waals surface area contributed by atoms with Crippen molar-refractivity contribution in [3.05, 3.63) is 70.1 Å². The predicted molar refractivity (Wildman–Crippen MR) is 102 cm³/mol. The molecule has 0 aromatic carbocycles. The molecule has 2 aliphatic carbocycles. The molecule has 0 fully saturated rings. The number of halogens is 2. The molecule has 2 aliphatic rings. The number of rotatable bonds is 5. The maximum Gasteiger partial charge on any atom is 0.187 e. The number of hydrogen-bond donors (Lipinski definition) is 3. The van der Waals surface area contributed by atoms with Crippen LogP contribution in [0.4, 0.5) is 0 Å². The van der Waals surface area contributed by atoms with Gasteiger partial charge in [-0.15, -0.1) is 0 Å². The van der Waals surface area contributed by atoms with Crippen LogP contribution in [0.5, 0.6) is 0 Å². The van der Waals surface area contributed by atoms with Gasteiger partial charge >= 0.3 is 0 Å². The minimum Gasteiger partial charge on any atom is -0.400 e. The van der Waals surface area contributed by atoms with Crippen LogP contribution in [0.3, 0.4) is 0 Å². The zero-order chi connectivity index (χ0) is 17.9. The van der Waals surface area contributed by atoms with Gasteiger partial charge in [-0.2, -0.15) is 0 Å². The fraction of sp³-hybridized carbons (Fsp3) is 0.176. The van der Waals surface area contributed by atoms with Crippen LogP contribution in [0.25, 0.3) is 0 Å². The largest absolute Gasteiger partial charge is 0.400 e. The van der Waals surface area contributed by atoms with Crippen LogP contribution < -0.4 is 10.6 Å². The first-order valence-electron chi connectivity index (χ1n) is 7.07. The van der Waals surface area contributed by atoms with Gasteiger partial charge < -0.3 is 15.7 Å². The second-order valence-corrected chi connectivity index (χ2v) is 5.43. The molecular weight excluding hydrogens is 378 g/mol. The Morgan fingerprint density at radius 3 is 1.56 bits per heavy atom. The zero-order valence-corrected chi connectivity index (χ0v) is 16.3. The summed E-state index contributed by atoms with van der Waals surface area (Å²) in [4.78, 5) is 23.1. The molecule has 3 N–H and O–H groups in total.